The summed E-state index contributed by atoms with van der Waals surface area (Å²) in [5.41, 5.74) is 3.91. The van der Waals surface area contributed by atoms with Gasteiger partial charge in [-0.1, -0.05) is 36.4 Å². The van der Waals surface area contributed by atoms with Crippen LogP contribution in [-0.2, 0) is 13.1 Å². The van der Waals surface area contributed by atoms with Crippen molar-refractivity contribution in [1.82, 2.24) is 25.0 Å². The van der Waals surface area contributed by atoms with Crippen LogP contribution in [0.4, 0.5) is 0 Å². The fourth-order valence-corrected chi connectivity index (χ4v) is 3.17. The Balaban J connectivity index is 0.00000272. The first-order valence-corrected chi connectivity index (χ1v) is 9.73. The van der Waals surface area contributed by atoms with Crippen LogP contribution >= 0.6 is 24.0 Å². The molecule has 0 aliphatic carbocycles. The van der Waals surface area contributed by atoms with Crippen molar-refractivity contribution < 1.29 is 4.42 Å². The summed E-state index contributed by atoms with van der Waals surface area (Å²) in [7, 11) is 3.76. The van der Waals surface area contributed by atoms with Crippen molar-refractivity contribution in [3.05, 3.63) is 90.6 Å². The lowest BCUT2D eigenvalue weighted by Crippen LogP contribution is -2.38. The highest BCUT2D eigenvalue weighted by molar-refractivity contribution is 14.0. The van der Waals surface area contributed by atoms with Gasteiger partial charge < -0.3 is 14.6 Å². The fraction of sp³-hybridized carbons (Fsp3) is 0.174. The summed E-state index contributed by atoms with van der Waals surface area (Å²) in [6.07, 6.45) is 5.58. The molecule has 2 aromatic heterocycles. The van der Waals surface area contributed by atoms with Gasteiger partial charge in [-0.25, -0.2) is 9.67 Å². The SMILES string of the molecule is CN=C(NCc1coc(-c2ccccc2)n1)N(C)Cc1cnn(-c2ccccc2)c1.I. The molecule has 0 unspecified atom stereocenters. The third-order valence-electron chi connectivity index (χ3n) is 4.65. The number of para-hydroxylation sites is 1. The van der Waals surface area contributed by atoms with Crippen molar-refractivity contribution in [2.24, 2.45) is 4.99 Å². The van der Waals surface area contributed by atoms with E-state index in [2.05, 4.69) is 20.4 Å². The lowest BCUT2D eigenvalue weighted by molar-refractivity contribution is 0.476. The van der Waals surface area contributed by atoms with Crippen LogP contribution in [0.5, 0.6) is 0 Å². The molecular weight excluding hydrogens is 503 g/mol. The van der Waals surface area contributed by atoms with Gasteiger partial charge in [0, 0.05) is 38.0 Å². The lowest BCUT2D eigenvalue weighted by atomic mass is 10.2. The molecule has 0 radical (unpaired) electrons. The maximum Gasteiger partial charge on any atom is 0.226 e. The standard InChI is InChI=1S/C23H24N6O.HI/c1-24-23(25-14-20-17-30-22(27-20)19-9-5-3-6-10-19)28(2)15-18-13-26-29(16-18)21-11-7-4-8-12-21;/h3-13,16-17H,14-15H2,1-2H3,(H,24,25);1H. The first kappa shape index (κ1) is 22.5. The third-order valence-corrected chi connectivity index (χ3v) is 4.65. The fourth-order valence-electron chi connectivity index (χ4n) is 3.17. The van der Waals surface area contributed by atoms with Gasteiger partial charge in [0.1, 0.15) is 6.26 Å². The highest BCUT2D eigenvalue weighted by Crippen LogP contribution is 2.17. The molecule has 160 valence electrons. The summed E-state index contributed by atoms with van der Waals surface area (Å²) in [5.74, 6) is 1.38. The van der Waals surface area contributed by atoms with Crippen molar-refractivity contribution in [3.8, 4) is 17.1 Å². The van der Waals surface area contributed by atoms with Crippen molar-refractivity contribution in [1.29, 1.82) is 0 Å². The molecule has 0 spiro atoms. The zero-order chi connectivity index (χ0) is 20.8. The van der Waals surface area contributed by atoms with Gasteiger partial charge in [0.25, 0.3) is 0 Å². The van der Waals surface area contributed by atoms with Crippen LogP contribution in [0, 0.1) is 0 Å². The Kier molecular flexibility index (Phi) is 7.82. The van der Waals surface area contributed by atoms with Crippen LogP contribution in [-0.4, -0.2) is 39.7 Å². The number of benzene rings is 2. The zero-order valence-electron chi connectivity index (χ0n) is 17.5. The van der Waals surface area contributed by atoms with Crippen LogP contribution in [0.3, 0.4) is 0 Å². The van der Waals surface area contributed by atoms with Gasteiger partial charge in [-0.15, -0.1) is 24.0 Å². The van der Waals surface area contributed by atoms with E-state index < -0.39 is 0 Å². The van der Waals surface area contributed by atoms with Crippen LogP contribution in [0.25, 0.3) is 17.1 Å². The minimum absolute atomic E-state index is 0. The average molecular weight is 528 g/mol. The van der Waals surface area contributed by atoms with Crippen molar-refractivity contribution >= 4 is 29.9 Å². The molecule has 8 heteroatoms. The molecule has 2 heterocycles. The monoisotopic (exact) mass is 528 g/mol. The maximum atomic E-state index is 5.60. The summed E-state index contributed by atoms with van der Waals surface area (Å²) in [5, 5.41) is 7.79. The van der Waals surface area contributed by atoms with Gasteiger partial charge in [0.15, 0.2) is 5.96 Å². The Morgan fingerprint density at radius 3 is 2.52 bits per heavy atom. The number of hydrogen-bond acceptors (Lipinski definition) is 4. The molecule has 0 fully saturated rings. The molecule has 2 aromatic carbocycles. The first-order valence-electron chi connectivity index (χ1n) is 9.73. The number of guanidine groups is 1. The molecule has 0 atom stereocenters. The van der Waals surface area contributed by atoms with Gasteiger partial charge in [0.05, 0.1) is 24.1 Å². The molecule has 1 N–H and O–H groups in total. The summed E-state index contributed by atoms with van der Waals surface area (Å²) in [6, 6.07) is 19.9. The van der Waals surface area contributed by atoms with E-state index >= 15 is 0 Å². The number of aliphatic imine (C=N–C) groups is 1. The molecule has 31 heavy (non-hydrogen) atoms. The number of nitrogens with zero attached hydrogens (tertiary/aromatic N) is 5. The molecule has 0 bridgehead atoms. The number of hydrogen-bond donors (Lipinski definition) is 1. The van der Waals surface area contributed by atoms with E-state index in [9.17, 15) is 0 Å². The number of nitrogens with one attached hydrogen (secondary N) is 1. The Hall–Kier alpha value is -3.14. The van der Waals surface area contributed by atoms with Crippen molar-refractivity contribution in [3.63, 3.8) is 0 Å². The second-order valence-corrected chi connectivity index (χ2v) is 6.90. The van der Waals surface area contributed by atoms with Crippen LogP contribution < -0.4 is 5.32 Å². The van der Waals surface area contributed by atoms with Gasteiger partial charge in [-0.3, -0.25) is 4.99 Å². The second kappa shape index (κ2) is 10.8. The molecule has 0 aliphatic heterocycles. The third kappa shape index (κ3) is 5.72. The summed E-state index contributed by atoms with van der Waals surface area (Å²) in [4.78, 5) is 11.0. The van der Waals surface area contributed by atoms with Gasteiger partial charge >= 0.3 is 0 Å². The predicted molar refractivity (Wildman–Crippen MR) is 133 cm³/mol. The Bertz CT molecular complexity index is 1110. The highest BCUT2D eigenvalue weighted by Gasteiger charge is 2.11. The van der Waals surface area contributed by atoms with Crippen LogP contribution in [0.1, 0.15) is 11.3 Å². The van der Waals surface area contributed by atoms with Gasteiger partial charge in [-0.2, -0.15) is 5.10 Å². The highest BCUT2D eigenvalue weighted by atomic mass is 127. The minimum Gasteiger partial charge on any atom is -0.444 e. The first-order chi connectivity index (χ1) is 14.7. The average Bonchev–Trinajstić information content (AvgIpc) is 3.45. The van der Waals surface area contributed by atoms with E-state index in [1.54, 1.807) is 13.3 Å². The maximum absolute atomic E-state index is 5.60. The summed E-state index contributed by atoms with van der Waals surface area (Å²) in [6.45, 7) is 1.21. The minimum atomic E-state index is 0. The molecule has 4 aromatic rings. The second-order valence-electron chi connectivity index (χ2n) is 6.90. The van der Waals surface area contributed by atoms with Crippen LogP contribution in [0.2, 0.25) is 0 Å². The lowest BCUT2D eigenvalue weighted by Gasteiger charge is -2.21. The number of halogens is 1. The molecule has 7 nitrogen and oxygen atoms in total. The largest absolute Gasteiger partial charge is 0.444 e. The Morgan fingerprint density at radius 2 is 1.81 bits per heavy atom. The number of aromatic nitrogens is 3. The van der Waals surface area contributed by atoms with E-state index in [-0.39, 0.29) is 24.0 Å². The van der Waals surface area contributed by atoms with E-state index in [0.717, 1.165) is 28.5 Å². The van der Waals surface area contributed by atoms with E-state index in [1.807, 2.05) is 89.7 Å². The zero-order valence-corrected chi connectivity index (χ0v) is 19.8. The molecule has 0 saturated carbocycles. The molecule has 4 rings (SSSR count). The van der Waals surface area contributed by atoms with Crippen LogP contribution in [0.15, 0.2) is 88.7 Å². The molecule has 0 aliphatic rings. The topological polar surface area (TPSA) is 71.5 Å². The van der Waals surface area contributed by atoms with E-state index in [4.69, 9.17) is 4.42 Å². The van der Waals surface area contributed by atoms with Crippen molar-refractivity contribution in [2.75, 3.05) is 14.1 Å². The van der Waals surface area contributed by atoms with E-state index in [0.29, 0.717) is 19.0 Å². The molecule has 0 saturated heterocycles. The Morgan fingerprint density at radius 1 is 1.10 bits per heavy atom. The molecule has 0 amide bonds. The number of oxazole rings is 1. The smallest absolute Gasteiger partial charge is 0.226 e. The van der Waals surface area contributed by atoms with Gasteiger partial charge in [0.2, 0.25) is 5.89 Å². The quantitative estimate of drug-likeness (QED) is 0.229. The van der Waals surface area contributed by atoms with Gasteiger partial charge in [-0.05, 0) is 24.3 Å². The normalized spacial score (nSPS) is 11.1. The predicted octanol–water partition coefficient (Wildman–Crippen LogP) is 4.35. The number of rotatable bonds is 6. The summed E-state index contributed by atoms with van der Waals surface area (Å²) < 4.78 is 7.48. The van der Waals surface area contributed by atoms with Crippen molar-refractivity contribution in [2.45, 2.75) is 13.1 Å². The summed E-state index contributed by atoms with van der Waals surface area (Å²) >= 11 is 0. The molecular formula is C23H25IN6O. The van der Waals surface area contributed by atoms with E-state index in [1.165, 1.54) is 0 Å². The Labute approximate surface area is 198 Å².